The van der Waals surface area contributed by atoms with Crippen LogP contribution >= 0.6 is 0 Å². The number of nitrogens with zero attached hydrogens (tertiary/aromatic N) is 3. The van der Waals surface area contributed by atoms with E-state index in [9.17, 15) is 10.0 Å². The zero-order valence-electron chi connectivity index (χ0n) is 15.2. The Bertz CT molecular complexity index is 936. The largest absolute Gasteiger partial charge is 0.462 e. The van der Waals surface area contributed by atoms with Gasteiger partial charge in [0.05, 0.1) is 12.2 Å². The maximum Gasteiger partial charge on any atom is 0.338 e. The number of rotatable bonds is 8. The van der Waals surface area contributed by atoms with Gasteiger partial charge in [-0.25, -0.2) is 10.3 Å². The SMILES string of the molecule is CCOC(=O)c1cccc(Nc2nc(NO)nc(NCc3ccccc3)n2)c1. The molecule has 0 saturated heterocycles. The zero-order valence-corrected chi connectivity index (χ0v) is 15.2. The van der Waals surface area contributed by atoms with Crippen molar-refractivity contribution in [1.29, 1.82) is 0 Å². The van der Waals surface area contributed by atoms with E-state index in [4.69, 9.17) is 4.74 Å². The Hall–Kier alpha value is -3.72. The van der Waals surface area contributed by atoms with Crippen LogP contribution in [0, 0.1) is 0 Å². The first-order valence-corrected chi connectivity index (χ1v) is 8.66. The molecule has 144 valence electrons. The smallest absolute Gasteiger partial charge is 0.338 e. The molecule has 0 fully saturated rings. The van der Waals surface area contributed by atoms with Crippen LogP contribution < -0.4 is 16.1 Å². The molecule has 28 heavy (non-hydrogen) atoms. The monoisotopic (exact) mass is 380 g/mol. The predicted molar refractivity (Wildman–Crippen MR) is 105 cm³/mol. The Balaban J connectivity index is 1.76. The van der Waals surface area contributed by atoms with Crippen molar-refractivity contribution in [3.8, 4) is 0 Å². The zero-order chi connectivity index (χ0) is 19.8. The second-order valence-corrected chi connectivity index (χ2v) is 5.68. The molecule has 0 bridgehead atoms. The molecule has 3 aromatic rings. The maximum atomic E-state index is 11.9. The normalized spacial score (nSPS) is 10.2. The summed E-state index contributed by atoms with van der Waals surface area (Å²) in [4.78, 5) is 24.3. The minimum absolute atomic E-state index is 0.0189. The maximum absolute atomic E-state index is 11.9. The first-order chi connectivity index (χ1) is 13.7. The van der Waals surface area contributed by atoms with E-state index in [1.54, 1.807) is 31.2 Å². The van der Waals surface area contributed by atoms with Gasteiger partial charge in [-0.2, -0.15) is 15.0 Å². The molecule has 0 atom stereocenters. The fraction of sp³-hybridized carbons (Fsp3) is 0.158. The van der Waals surface area contributed by atoms with Crippen LogP contribution in [-0.4, -0.2) is 32.7 Å². The standard InChI is InChI=1S/C19H20N6O3/c1-2-28-16(26)14-9-6-10-15(11-14)21-18-22-17(23-19(24-18)25-27)20-12-13-7-4-3-5-8-13/h3-11,27H,2,12H2,1H3,(H3,20,21,22,23,24,25). The fourth-order valence-corrected chi connectivity index (χ4v) is 2.41. The quantitative estimate of drug-likeness (QED) is 0.345. The van der Waals surface area contributed by atoms with Crippen molar-refractivity contribution in [2.75, 3.05) is 22.7 Å². The summed E-state index contributed by atoms with van der Waals surface area (Å²) < 4.78 is 5.00. The van der Waals surface area contributed by atoms with E-state index in [-0.39, 0.29) is 17.8 Å². The van der Waals surface area contributed by atoms with E-state index in [1.807, 2.05) is 35.8 Å². The Morgan fingerprint density at radius 3 is 2.50 bits per heavy atom. The number of hydrogen-bond donors (Lipinski definition) is 4. The number of hydrogen-bond acceptors (Lipinski definition) is 9. The summed E-state index contributed by atoms with van der Waals surface area (Å²) in [5, 5.41) is 15.3. The first kappa shape index (κ1) is 19.1. The molecule has 0 aliphatic heterocycles. The Morgan fingerprint density at radius 1 is 1.00 bits per heavy atom. The number of anilines is 4. The molecule has 0 spiro atoms. The molecule has 3 rings (SSSR count). The van der Waals surface area contributed by atoms with Crippen LogP contribution in [-0.2, 0) is 11.3 Å². The summed E-state index contributed by atoms with van der Waals surface area (Å²) in [6.07, 6.45) is 0. The second kappa shape index (κ2) is 9.28. The fourth-order valence-electron chi connectivity index (χ4n) is 2.41. The highest BCUT2D eigenvalue weighted by Gasteiger charge is 2.10. The van der Waals surface area contributed by atoms with E-state index < -0.39 is 5.97 Å². The van der Waals surface area contributed by atoms with Gasteiger partial charge in [-0.05, 0) is 30.7 Å². The van der Waals surface area contributed by atoms with Gasteiger partial charge in [0, 0.05) is 12.2 Å². The van der Waals surface area contributed by atoms with Crippen molar-refractivity contribution in [3.05, 3.63) is 65.7 Å². The van der Waals surface area contributed by atoms with Gasteiger partial charge in [0.15, 0.2) is 0 Å². The summed E-state index contributed by atoms with van der Waals surface area (Å²) in [5.74, 6) is 0.0434. The van der Waals surface area contributed by atoms with Crippen LogP contribution in [0.25, 0.3) is 0 Å². The van der Waals surface area contributed by atoms with Crippen molar-refractivity contribution >= 4 is 29.5 Å². The van der Waals surface area contributed by atoms with E-state index >= 15 is 0 Å². The van der Waals surface area contributed by atoms with Gasteiger partial charge in [-0.1, -0.05) is 36.4 Å². The number of benzene rings is 2. The molecular formula is C19H20N6O3. The molecule has 0 aliphatic carbocycles. The van der Waals surface area contributed by atoms with E-state index in [0.29, 0.717) is 24.4 Å². The summed E-state index contributed by atoms with van der Waals surface area (Å²) in [7, 11) is 0. The van der Waals surface area contributed by atoms with Crippen LogP contribution in [0.15, 0.2) is 54.6 Å². The third kappa shape index (κ3) is 5.15. The van der Waals surface area contributed by atoms with Crippen molar-refractivity contribution in [2.45, 2.75) is 13.5 Å². The van der Waals surface area contributed by atoms with Crippen molar-refractivity contribution in [2.24, 2.45) is 0 Å². The van der Waals surface area contributed by atoms with Crippen LogP contribution in [0.3, 0.4) is 0 Å². The number of carbonyl (C=O) groups is 1. The molecular weight excluding hydrogens is 360 g/mol. The molecule has 1 heterocycles. The lowest BCUT2D eigenvalue weighted by atomic mass is 10.2. The molecule has 4 N–H and O–H groups in total. The Kier molecular flexibility index (Phi) is 6.32. The molecule has 9 heteroatoms. The average molecular weight is 380 g/mol. The molecule has 0 saturated carbocycles. The third-order valence-corrected chi connectivity index (χ3v) is 3.66. The van der Waals surface area contributed by atoms with Gasteiger partial charge in [-0.3, -0.25) is 5.21 Å². The number of aromatic nitrogens is 3. The number of nitrogens with one attached hydrogen (secondary N) is 3. The Morgan fingerprint density at radius 2 is 1.75 bits per heavy atom. The average Bonchev–Trinajstić information content (AvgIpc) is 2.73. The molecule has 1 aromatic heterocycles. The second-order valence-electron chi connectivity index (χ2n) is 5.68. The lowest BCUT2D eigenvalue weighted by Gasteiger charge is -2.10. The van der Waals surface area contributed by atoms with Crippen LogP contribution in [0.1, 0.15) is 22.8 Å². The predicted octanol–water partition coefficient (Wildman–Crippen LogP) is 3.21. The van der Waals surface area contributed by atoms with E-state index in [2.05, 4.69) is 25.6 Å². The third-order valence-electron chi connectivity index (χ3n) is 3.66. The lowest BCUT2D eigenvalue weighted by Crippen LogP contribution is -2.10. The lowest BCUT2D eigenvalue weighted by molar-refractivity contribution is 0.0526. The van der Waals surface area contributed by atoms with Crippen LogP contribution in [0.2, 0.25) is 0 Å². The minimum Gasteiger partial charge on any atom is -0.462 e. The van der Waals surface area contributed by atoms with Crippen molar-refractivity contribution < 1.29 is 14.7 Å². The van der Waals surface area contributed by atoms with Gasteiger partial charge in [0.2, 0.25) is 11.9 Å². The molecule has 9 nitrogen and oxygen atoms in total. The van der Waals surface area contributed by atoms with Crippen molar-refractivity contribution in [3.63, 3.8) is 0 Å². The summed E-state index contributed by atoms with van der Waals surface area (Å²) in [6.45, 7) is 2.55. The number of carbonyl (C=O) groups excluding carboxylic acids is 1. The highest BCUT2D eigenvalue weighted by atomic mass is 16.5. The van der Waals surface area contributed by atoms with Gasteiger partial charge in [0.1, 0.15) is 0 Å². The number of esters is 1. The summed E-state index contributed by atoms with van der Waals surface area (Å²) >= 11 is 0. The van der Waals surface area contributed by atoms with E-state index in [1.165, 1.54) is 0 Å². The minimum atomic E-state index is -0.412. The molecule has 0 aliphatic rings. The van der Waals surface area contributed by atoms with Gasteiger partial charge in [0.25, 0.3) is 5.95 Å². The highest BCUT2D eigenvalue weighted by Crippen LogP contribution is 2.18. The van der Waals surface area contributed by atoms with Crippen LogP contribution in [0.5, 0.6) is 0 Å². The van der Waals surface area contributed by atoms with Gasteiger partial charge >= 0.3 is 5.97 Å². The highest BCUT2D eigenvalue weighted by molar-refractivity contribution is 5.90. The molecule has 0 unspecified atom stereocenters. The summed E-state index contributed by atoms with van der Waals surface area (Å²) in [5.41, 5.74) is 3.97. The summed E-state index contributed by atoms with van der Waals surface area (Å²) in [6, 6.07) is 16.5. The first-order valence-electron chi connectivity index (χ1n) is 8.66. The number of ether oxygens (including phenoxy) is 1. The van der Waals surface area contributed by atoms with Gasteiger partial charge in [-0.15, -0.1) is 0 Å². The Labute approximate surface area is 161 Å². The molecule has 0 radical (unpaired) electrons. The molecule has 0 amide bonds. The molecule has 2 aromatic carbocycles. The van der Waals surface area contributed by atoms with Gasteiger partial charge < -0.3 is 15.4 Å². The van der Waals surface area contributed by atoms with Crippen molar-refractivity contribution in [1.82, 2.24) is 15.0 Å². The topological polar surface area (TPSA) is 121 Å². The van der Waals surface area contributed by atoms with Crippen LogP contribution in [0.4, 0.5) is 23.5 Å². The van der Waals surface area contributed by atoms with E-state index in [0.717, 1.165) is 5.56 Å².